The Morgan fingerprint density at radius 3 is 1.21 bits per heavy atom. The Labute approximate surface area is 210 Å². The molecule has 0 atom stereocenters. The SMILES string of the molecule is CC(=O)C1=C([O-])c2ccccc2C1.CC(=O)C1=C([O-])c2ccccc2C1.CC[O-].CC[O-].[Ti+4]. The van der Waals surface area contributed by atoms with Gasteiger partial charge >= 0.3 is 21.7 Å². The first-order chi connectivity index (χ1) is 15.2. The minimum absolute atomic E-state index is 0. The average molecular weight is 484 g/mol. The Morgan fingerprint density at radius 2 is 0.970 bits per heavy atom. The minimum atomic E-state index is -0.110. The first-order valence-electron chi connectivity index (χ1n) is 10.4. The summed E-state index contributed by atoms with van der Waals surface area (Å²) in [6.07, 6.45) is 1.01. The third kappa shape index (κ3) is 8.41. The summed E-state index contributed by atoms with van der Waals surface area (Å²) in [7, 11) is 0. The molecule has 0 radical (unpaired) electrons. The summed E-state index contributed by atoms with van der Waals surface area (Å²) < 4.78 is 0. The molecule has 0 bridgehead atoms. The number of rotatable bonds is 2. The van der Waals surface area contributed by atoms with Crippen molar-refractivity contribution >= 4 is 23.1 Å². The molecule has 0 N–H and O–H groups in total. The van der Waals surface area contributed by atoms with Gasteiger partial charge in [-0.2, -0.15) is 0 Å². The van der Waals surface area contributed by atoms with Crippen LogP contribution in [0.25, 0.3) is 11.5 Å². The van der Waals surface area contributed by atoms with E-state index >= 15 is 0 Å². The van der Waals surface area contributed by atoms with Gasteiger partial charge in [0.05, 0.1) is 0 Å². The van der Waals surface area contributed by atoms with Crippen LogP contribution >= 0.6 is 0 Å². The quantitative estimate of drug-likeness (QED) is 0.573. The standard InChI is InChI=1S/2C11H10O2.2C2H5O.Ti/c2*1-7(12)10-6-8-4-2-3-5-9(8)11(10)13;2*1-2-3;/h2*2-5,13H,6H2,1H3;2*2H2,1H3;/q;;2*-1;+4/p-2. The molecule has 2 aliphatic rings. The zero-order valence-corrected chi connectivity index (χ0v) is 21.0. The van der Waals surface area contributed by atoms with Crippen LogP contribution < -0.4 is 20.4 Å². The molecule has 0 aliphatic heterocycles. The molecule has 0 saturated carbocycles. The van der Waals surface area contributed by atoms with Crippen molar-refractivity contribution < 1.29 is 51.7 Å². The molecule has 0 saturated heterocycles. The van der Waals surface area contributed by atoms with Gasteiger partial charge in [0.25, 0.3) is 0 Å². The van der Waals surface area contributed by atoms with Gasteiger partial charge in [0.2, 0.25) is 0 Å². The Balaban J connectivity index is 0.000000491. The molecule has 2 aliphatic carbocycles. The Bertz CT molecular complexity index is 926. The van der Waals surface area contributed by atoms with Crippen molar-refractivity contribution in [3.8, 4) is 0 Å². The summed E-state index contributed by atoms with van der Waals surface area (Å²) >= 11 is 0. The molecule has 33 heavy (non-hydrogen) atoms. The maximum Gasteiger partial charge on any atom is 4.00 e. The Hall–Kier alpha value is -2.51. The van der Waals surface area contributed by atoms with Crippen molar-refractivity contribution in [3.05, 3.63) is 81.9 Å². The number of allylic oxidation sites excluding steroid dienone is 2. The van der Waals surface area contributed by atoms with E-state index in [0.29, 0.717) is 35.1 Å². The van der Waals surface area contributed by atoms with Crippen molar-refractivity contribution in [1.82, 2.24) is 0 Å². The van der Waals surface area contributed by atoms with Gasteiger partial charge in [0, 0.05) is 12.8 Å². The summed E-state index contributed by atoms with van der Waals surface area (Å²) in [6, 6.07) is 14.7. The molecule has 0 aromatic heterocycles. The van der Waals surface area contributed by atoms with E-state index in [9.17, 15) is 19.8 Å². The number of carbonyl (C=O) groups is 2. The molecule has 2 aromatic rings. The summed E-state index contributed by atoms with van der Waals surface area (Å²) in [4.78, 5) is 22.1. The second-order valence-corrected chi connectivity index (χ2v) is 6.97. The first-order valence-corrected chi connectivity index (χ1v) is 10.4. The number of fused-ring (bicyclic) bond motifs is 2. The van der Waals surface area contributed by atoms with Gasteiger partial charge in [-0.3, -0.25) is 9.59 Å². The van der Waals surface area contributed by atoms with Crippen molar-refractivity contribution in [3.63, 3.8) is 0 Å². The zero-order valence-electron chi connectivity index (χ0n) is 19.4. The van der Waals surface area contributed by atoms with Crippen LogP contribution in [0.5, 0.6) is 0 Å². The van der Waals surface area contributed by atoms with Crippen molar-refractivity contribution in [1.29, 1.82) is 0 Å². The fourth-order valence-corrected chi connectivity index (χ4v) is 3.23. The molecule has 6 nitrogen and oxygen atoms in total. The van der Waals surface area contributed by atoms with Crippen LogP contribution in [0.15, 0.2) is 59.7 Å². The minimum Gasteiger partial charge on any atom is -0.872 e. The van der Waals surface area contributed by atoms with E-state index in [1.807, 2.05) is 36.4 Å². The molecular weight excluding hydrogens is 456 g/mol. The normalized spacial score (nSPS) is 12.5. The van der Waals surface area contributed by atoms with Gasteiger partial charge in [0.1, 0.15) is 0 Å². The predicted octanol–water partition coefficient (Wildman–Crippen LogP) is 0.537. The third-order valence-electron chi connectivity index (χ3n) is 4.66. The molecule has 172 valence electrons. The number of carbonyl (C=O) groups excluding carboxylic acids is 2. The van der Waals surface area contributed by atoms with Crippen molar-refractivity contribution in [2.45, 2.75) is 40.5 Å². The first kappa shape index (κ1) is 30.5. The van der Waals surface area contributed by atoms with Crippen LogP contribution in [-0.2, 0) is 44.1 Å². The second kappa shape index (κ2) is 15.4. The van der Waals surface area contributed by atoms with E-state index in [1.165, 1.54) is 13.8 Å². The number of Topliss-reactive ketones (excluding diaryl/α,β-unsaturated/α-hetero) is 2. The van der Waals surface area contributed by atoms with E-state index in [2.05, 4.69) is 0 Å². The molecule has 0 amide bonds. The number of hydrogen-bond donors (Lipinski definition) is 0. The predicted molar refractivity (Wildman–Crippen MR) is 117 cm³/mol. The summed E-state index contributed by atoms with van der Waals surface area (Å²) in [5.74, 6) is -0.409. The van der Waals surface area contributed by atoms with Crippen molar-refractivity contribution in [2.24, 2.45) is 0 Å². The van der Waals surface area contributed by atoms with E-state index in [-0.39, 0.29) is 58.0 Å². The Morgan fingerprint density at radius 1 is 0.697 bits per heavy atom. The summed E-state index contributed by atoms with van der Waals surface area (Å²) in [5.41, 5.74) is 4.15. The zero-order chi connectivity index (χ0) is 24.3. The van der Waals surface area contributed by atoms with Crippen LogP contribution in [0, 0.1) is 0 Å². The van der Waals surface area contributed by atoms with Gasteiger partial charge < -0.3 is 20.4 Å². The second-order valence-electron chi connectivity index (χ2n) is 6.97. The van der Waals surface area contributed by atoms with Gasteiger partial charge in [-0.15, -0.1) is 13.2 Å². The van der Waals surface area contributed by atoms with E-state index < -0.39 is 0 Å². The van der Waals surface area contributed by atoms with Gasteiger partial charge in [-0.1, -0.05) is 73.9 Å². The average Bonchev–Trinajstić information content (AvgIpc) is 3.28. The molecule has 0 fully saturated rings. The molecule has 0 heterocycles. The van der Waals surface area contributed by atoms with Crippen LogP contribution in [0.2, 0.25) is 0 Å². The summed E-state index contributed by atoms with van der Waals surface area (Å²) in [6.45, 7) is 6.03. The molecule has 0 unspecified atom stereocenters. The topological polar surface area (TPSA) is 126 Å². The van der Waals surface area contributed by atoms with E-state index in [1.54, 1.807) is 26.0 Å². The van der Waals surface area contributed by atoms with Crippen molar-refractivity contribution in [2.75, 3.05) is 13.2 Å². The third-order valence-corrected chi connectivity index (χ3v) is 4.66. The van der Waals surface area contributed by atoms with Gasteiger partial charge in [-0.05, 0) is 47.2 Å². The largest absolute Gasteiger partial charge is 4.00 e. The smallest absolute Gasteiger partial charge is 0.872 e. The van der Waals surface area contributed by atoms with Crippen LogP contribution in [0.4, 0.5) is 0 Å². The summed E-state index contributed by atoms with van der Waals surface area (Å²) in [5, 5.41) is 41.0. The maximum absolute atomic E-state index is 11.6. The van der Waals surface area contributed by atoms with Crippen LogP contribution in [-0.4, -0.2) is 24.8 Å². The molecule has 0 spiro atoms. The fraction of sp³-hybridized carbons (Fsp3) is 0.308. The Kier molecular flexibility index (Phi) is 14.2. The van der Waals surface area contributed by atoms with E-state index in [0.717, 1.165) is 11.1 Å². The monoisotopic (exact) mass is 484 g/mol. The molecule has 7 heteroatoms. The number of hydrogen-bond acceptors (Lipinski definition) is 6. The molecular formula is C26H28O6Ti. The number of ketones is 2. The van der Waals surface area contributed by atoms with Gasteiger partial charge in [-0.25, -0.2) is 0 Å². The van der Waals surface area contributed by atoms with Crippen LogP contribution in [0.3, 0.4) is 0 Å². The van der Waals surface area contributed by atoms with E-state index in [4.69, 9.17) is 10.2 Å². The maximum atomic E-state index is 11.6. The van der Waals surface area contributed by atoms with Crippen LogP contribution in [0.1, 0.15) is 49.9 Å². The molecule has 4 rings (SSSR count). The van der Waals surface area contributed by atoms with Gasteiger partial charge in [0.15, 0.2) is 11.6 Å². The fourth-order valence-electron chi connectivity index (χ4n) is 3.23. The molecule has 2 aromatic carbocycles. The number of benzene rings is 2.